The third-order valence-electron chi connectivity index (χ3n) is 3.17. The number of carbonyl (C=O) groups excluding carboxylic acids is 1. The first kappa shape index (κ1) is 23.6. The molecule has 1 aromatic rings. The minimum absolute atomic E-state index is 0.00845. The molecule has 12 heteroatoms. The maximum Gasteiger partial charge on any atom is 0.338 e. The molecule has 1 aromatic carbocycles. The Labute approximate surface area is 189 Å². The number of hydrogen-bond donors (Lipinski definition) is 4. The molecule has 0 fully saturated rings. The van der Waals surface area contributed by atoms with Crippen LogP contribution in [0.3, 0.4) is 0 Å². The van der Waals surface area contributed by atoms with Crippen LogP contribution in [0.5, 0.6) is 5.75 Å². The summed E-state index contributed by atoms with van der Waals surface area (Å²) in [6.07, 6.45) is -1.10. The second-order valence-corrected chi connectivity index (χ2v) is 8.27. The molecule has 144 valence electrons. The number of aliphatic hydroxyl groups is 2. The minimum Gasteiger partial charge on any atom is -0.481 e. The van der Waals surface area contributed by atoms with Crippen LogP contribution in [0.15, 0.2) is 0 Å². The fraction of sp³-hybridized carbons (Fsp3) is 0.357. The second kappa shape index (κ2) is 10.2. The zero-order chi connectivity index (χ0) is 20.2. The van der Waals surface area contributed by atoms with Crippen molar-refractivity contribution < 1.29 is 39.5 Å². The van der Waals surface area contributed by atoms with Gasteiger partial charge in [0.05, 0.1) is 31.0 Å². The van der Waals surface area contributed by atoms with Gasteiger partial charge < -0.3 is 30.1 Å². The first-order valence-electron chi connectivity index (χ1n) is 6.85. The van der Waals surface area contributed by atoms with Crippen molar-refractivity contribution in [2.24, 2.45) is 0 Å². The number of benzene rings is 1. The van der Waals surface area contributed by atoms with E-state index in [-0.39, 0.29) is 34.1 Å². The van der Waals surface area contributed by atoms with E-state index in [9.17, 15) is 29.7 Å². The van der Waals surface area contributed by atoms with E-state index in [0.29, 0.717) is 0 Å². The van der Waals surface area contributed by atoms with Gasteiger partial charge in [0, 0.05) is 17.2 Å². The highest BCUT2D eigenvalue weighted by molar-refractivity contribution is 14.1. The van der Waals surface area contributed by atoms with E-state index < -0.39 is 37.2 Å². The SMILES string of the molecule is CN(CC(O)CO)C(=O)COc1c(I)c(C(=O)O)c(I)c(C(=O)O)c1I. The zero-order valence-electron chi connectivity index (χ0n) is 13.2. The number of ether oxygens (including phenoxy) is 1. The van der Waals surface area contributed by atoms with Gasteiger partial charge in [0.25, 0.3) is 5.91 Å². The summed E-state index contributed by atoms with van der Waals surface area (Å²) in [6.45, 7) is -1.10. The fourth-order valence-corrected chi connectivity index (χ4v) is 6.26. The van der Waals surface area contributed by atoms with Gasteiger partial charge in [-0.25, -0.2) is 9.59 Å². The molecule has 26 heavy (non-hydrogen) atoms. The minimum atomic E-state index is -1.31. The van der Waals surface area contributed by atoms with Crippen LogP contribution in [0.1, 0.15) is 20.7 Å². The van der Waals surface area contributed by atoms with Crippen LogP contribution in [0.25, 0.3) is 0 Å². The number of carboxylic acid groups (broad SMARTS) is 2. The molecule has 1 rings (SSSR count). The average molecular weight is 705 g/mol. The van der Waals surface area contributed by atoms with Gasteiger partial charge in [-0.2, -0.15) is 0 Å². The van der Waals surface area contributed by atoms with Crippen LogP contribution in [-0.4, -0.2) is 76.1 Å². The molecule has 0 saturated carbocycles. The van der Waals surface area contributed by atoms with Crippen molar-refractivity contribution in [2.75, 3.05) is 26.8 Å². The third kappa shape index (κ3) is 5.52. The van der Waals surface area contributed by atoms with E-state index in [1.54, 1.807) is 67.8 Å². The van der Waals surface area contributed by atoms with Crippen LogP contribution in [0, 0.1) is 10.7 Å². The summed E-state index contributed by atoms with van der Waals surface area (Å²) in [5.74, 6) is -3.16. The molecule has 0 heterocycles. The second-order valence-electron chi connectivity index (χ2n) is 5.03. The van der Waals surface area contributed by atoms with Crippen LogP contribution >= 0.6 is 67.8 Å². The molecular formula is C14H14I3NO8. The Hall–Kier alpha value is -0.460. The number of carboxylic acids is 2. The van der Waals surface area contributed by atoms with Crippen molar-refractivity contribution in [3.05, 3.63) is 21.8 Å². The lowest BCUT2D eigenvalue weighted by Gasteiger charge is -2.21. The van der Waals surface area contributed by atoms with E-state index in [4.69, 9.17) is 9.84 Å². The predicted octanol–water partition coefficient (Wildman–Crippen LogP) is 1.09. The Morgan fingerprint density at radius 1 is 1.04 bits per heavy atom. The quantitative estimate of drug-likeness (QED) is 0.295. The zero-order valence-corrected chi connectivity index (χ0v) is 19.7. The Kier molecular flexibility index (Phi) is 9.24. The summed E-state index contributed by atoms with van der Waals surface area (Å²) >= 11 is 5.12. The topological polar surface area (TPSA) is 145 Å². The van der Waals surface area contributed by atoms with Gasteiger partial charge in [-0.1, -0.05) is 0 Å². The van der Waals surface area contributed by atoms with E-state index in [0.717, 1.165) is 4.90 Å². The lowest BCUT2D eigenvalue weighted by molar-refractivity contribution is -0.133. The third-order valence-corrected chi connectivity index (χ3v) is 6.30. The van der Waals surface area contributed by atoms with E-state index in [1.165, 1.54) is 7.05 Å². The Balaban J connectivity index is 3.19. The molecule has 4 N–H and O–H groups in total. The Morgan fingerprint density at radius 3 is 1.88 bits per heavy atom. The molecule has 0 aromatic heterocycles. The molecule has 0 saturated heterocycles. The molecule has 0 aliphatic carbocycles. The van der Waals surface area contributed by atoms with Crippen molar-refractivity contribution in [3.63, 3.8) is 0 Å². The monoisotopic (exact) mass is 705 g/mol. The smallest absolute Gasteiger partial charge is 0.338 e. The molecule has 0 bridgehead atoms. The van der Waals surface area contributed by atoms with Gasteiger partial charge in [-0.05, 0) is 67.8 Å². The van der Waals surface area contributed by atoms with Crippen LogP contribution < -0.4 is 4.74 Å². The standard InChI is InChI=1S/C14H14I3NO8/c1-18(2-5(20)3-19)6(21)4-26-12-10(16)7(13(22)23)9(15)8(11(12)17)14(24)25/h5,19-20H,2-4H2,1H3,(H,22,23)(H,24,25). The summed E-state index contributed by atoms with van der Waals surface area (Å²) in [4.78, 5) is 36.2. The molecule has 9 nitrogen and oxygen atoms in total. The summed E-state index contributed by atoms with van der Waals surface area (Å²) in [6, 6.07) is 0. The highest BCUT2D eigenvalue weighted by atomic mass is 127. The van der Waals surface area contributed by atoms with E-state index in [2.05, 4.69) is 0 Å². The lowest BCUT2D eigenvalue weighted by Crippen LogP contribution is -2.38. The number of aliphatic hydroxyl groups excluding tert-OH is 2. The summed E-state index contributed by atoms with van der Waals surface area (Å²) in [5, 5.41) is 36.9. The number of amides is 1. The van der Waals surface area contributed by atoms with Crippen molar-refractivity contribution in [1.29, 1.82) is 0 Å². The van der Waals surface area contributed by atoms with E-state index >= 15 is 0 Å². The molecule has 1 amide bonds. The molecule has 1 unspecified atom stereocenters. The number of halogens is 3. The molecule has 0 radical (unpaired) electrons. The van der Waals surface area contributed by atoms with Gasteiger partial charge in [-0.3, -0.25) is 4.79 Å². The van der Waals surface area contributed by atoms with Crippen LogP contribution in [0.4, 0.5) is 0 Å². The van der Waals surface area contributed by atoms with Gasteiger partial charge in [0.2, 0.25) is 0 Å². The Bertz CT molecular complexity index is 698. The predicted molar refractivity (Wildman–Crippen MR) is 115 cm³/mol. The van der Waals surface area contributed by atoms with Gasteiger partial charge in [0.1, 0.15) is 5.75 Å². The van der Waals surface area contributed by atoms with E-state index in [1.807, 2.05) is 0 Å². The first-order valence-corrected chi connectivity index (χ1v) is 10.1. The van der Waals surface area contributed by atoms with Gasteiger partial charge in [0.15, 0.2) is 6.61 Å². The molecular weight excluding hydrogens is 691 g/mol. The molecule has 0 aliphatic rings. The summed E-state index contributed by atoms with van der Waals surface area (Å²) < 4.78 is 5.85. The Morgan fingerprint density at radius 2 is 1.50 bits per heavy atom. The van der Waals surface area contributed by atoms with Crippen molar-refractivity contribution in [3.8, 4) is 5.75 Å². The molecule has 0 aliphatic heterocycles. The number of likely N-dealkylation sites (N-methyl/N-ethyl adjacent to an activating group) is 1. The largest absolute Gasteiger partial charge is 0.481 e. The number of carbonyl (C=O) groups is 3. The number of rotatable bonds is 8. The number of nitrogens with zero attached hydrogens (tertiary/aromatic N) is 1. The average Bonchev–Trinajstić information content (AvgIpc) is 2.53. The summed E-state index contributed by atoms with van der Waals surface area (Å²) in [7, 11) is 1.40. The van der Waals surface area contributed by atoms with Gasteiger partial charge in [-0.15, -0.1) is 0 Å². The number of aromatic carboxylic acids is 2. The normalized spacial score (nSPS) is 11.8. The van der Waals surface area contributed by atoms with Crippen molar-refractivity contribution >= 4 is 85.6 Å². The number of hydrogen-bond acceptors (Lipinski definition) is 6. The van der Waals surface area contributed by atoms with Crippen LogP contribution in [0.2, 0.25) is 0 Å². The first-order chi connectivity index (χ1) is 12.0. The molecule has 0 spiro atoms. The van der Waals surface area contributed by atoms with Crippen LogP contribution in [-0.2, 0) is 4.79 Å². The highest BCUT2D eigenvalue weighted by Gasteiger charge is 2.29. The molecule has 1 atom stereocenters. The van der Waals surface area contributed by atoms with Crippen molar-refractivity contribution in [2.45, 2.75) is 6.10 Å². The maximum atomic E-state index is 12.1. The summed E-state index contributed by atoms with van der Waals surface area (Å²) in [5.41, 5.74) is -0.425. The maximum absolute atomic E-state index is 12.1. The highest BCUT2D eigenvalue weighted by Crippen LogP contribution is 2.37. The van der Waals surface area contributed by atoms with Crippen molar-refractivity contribution in [1.82, 2.24) is 4.90 Å². The van der Waals surface area contributed by atoms with Gasteiger partial charge >= 0.3 is 11.9 Å². The fourth-order valence-electron chi connectivity index (χ4n) is 1.86. The lowest BCUT2D eigenvalue weighted by atomic mass is 10.1.